The molecule has 2 aromatic rings. The van der Waals surface area contributed by atoms with E-state index in [1.54, 1.807) is 25.2 Å². The SMILES string of the molecule is CCNCc1cc(-c2ccc(F)cc2)nn(C)c1=O. The molecule has 1 N–H and O–H groups in total. The van der Waals surface area contributed by atoms with Crippen LogP contribution in [0.3, 0.4) is 0 Å². The largest absolute Gasteiger partial charge is 0.313 e. The van der Waals surface area contributed by atoms with Crippen LogP contribution in [0.4, 0.5) is 4.39 Å². The number of hydrogen-bond donors (Lipinski definition) is 1. The summed E-state index contributed by atoms with van der Waals surface area (Å²) in [6.07, 6.45) is 0. The van der Waals surface area contributed by atoms with E-state index < -0.39 is 0 Å². The van der Waals surface area contributed by atoms with Crippen LogP contribution in [-0.2, 0) is 13.6 Å². The zero-order valence-electron chi connectivity index (χ0n) is 11.0. The number of benzene rings is 1. The fourth-order valence-electron chi connectivity index (χ4n) is 1.82. The lowest BCUT2D eigenvalue weighted by atomic mass is 10.1. The van der Waals surface area contributed by atoms with Gasteiger partial charge in [-0.25, -0.2) is 9.07 Å². The first-order chi connectivity index (χ1) is 9.11. The Bertz CT molecular complexity index is 620. The molecule has 0 radical (unpaired) electrons. The Morgan fingerprint density at radius 2 is 2.00 bits per heavy atom. The fraction of sp³-hybridized carbons (Fsp3) is 0.286. The van der Waals surface area contributed by atoms with Crippen LogP contribution in [0, 0.1) is 5.82 Å². The third-order valence-electron chi connectivity index (χ3n) is 2.84. The predicted molar refractivity (Wildman–Crippen MR) is 72.3 cm³/mol. The minimum absolute atomic E-state index is 0.119. The first-order valence-corrected chi connectivity index (χ1v) is 6.15. The van der Waals surface area contributed by atoms with E-state index >= 15 is 0 Å². The van der Waals surface area contributed by atoms with Gasteiger partial charge in [0.1, 0.15) is 5.82 Å². The number of nitrogens with zero attached hydrogens (tertiary/aromatic N) is 2. The summed E-state index contributed by atoms with van der Waals surface area (Å²) >= 11 is 0. The van der Waals surface area contributed by atoms with E-state index in [0.717, 1.165) is 12.1 Å². The Labute approximate surface area is 110 Å². The summed E-state index contributed by atoms with van der Waals surface area (Å²) in [5, 5.41) is 7.31. The van der Waals surface area contributed by atoms with Crippen LogP contribution in [0.2, 0.25) is 0 Å². The summed E-state index contributed by atoms with van der Waals surface area (Å²) in [5.74, 6) is -0.290. The maximum atomic E-state index is 12.9. The molecular weight excluding hydrogens is 245 g/mol. The van der Waals surface area contributed by atoms with Gasteiger partial charge < -0.3 is 5.32 Å². The molecule has 0 atom stereocenters. The van der Waals surface area contributed by atoms with Crippen LogP contribution in [0.15, 0.2) is 35.1 Å². The van der Waals surface area contributed by atoms with Crippen LogP contribution in [0.25, 0.3) is 11.3 Å². The van der Waals surface area contributed by atoms with Gasteiger partial charge in [0.15, 0.2) is 0 Å². The highest BCUT2D eigenvalue weighted by molar-refractivity contribution is 5.58. The van der Waals surface area contributed by atoms with Crippen molar-refractivity contribution < 1.29 is 4.39 Å². The Morgan fingerprint density at radius 1 is 1.32 bits per heavy atom. The van der Waals surface area contributed by atoms with Gasteiger partial charge in [0.2, 0.25) is 0 Å². The van der Waals surface area contributed by atoms with Gasteiger partial charge in [-0.3, -0.25) is 4.79 Å². The minimum atomic E-state index is -0.290. The number of hydrogen-bond acceptors (Lipinski definition) is 3. The van der Waals surface area contributed by atoms with Gasteiger partial charge in [0.25, 0.3) is 5.56 Å². The molecule has 1 heterocycles. The Morgan fingerprint density at radius 3 is 2.63 bits per heavy atom. The van der Waals surface area contributed by atoms with Crippen molar-refractivity contribution >= 4 is 0 Å². The minimum Gasteiger partial charge on any atom is -0.313 e. The lowest BCUT2D eigenvalue weighted by molar-refractivity contribution is 0.628. The van der Waals surface area contributed by atoms with Gasteiger partial charge in [0, 0.05) is 24.7 Å². The quantitative estimate of drug-likeness (QED) is 0.911. The van der Waals surface area contributed by atoms with Gasteiger partial charge in [-0.05, 0) is 36.9 Å². The summed E-state index contributed by atoms with van der Waals surface area (Å²) in [5.41, 5.74) is 1.98. The van der Waals surface area contributed by atoms with Crippen molar-refractivity contribution in [2.75, 3.05) is 6.54 Å². The molecule has 19 heavy (non-hydrogen) atoms. The molecule has 0 saturated heterocycles. The molecular formula is C14H16FN3O. The normalized spacial score (nSPS) is 10.7. The highest BCUT2D eigenvalue weighted by atomic mass is 19.1. The molecule has 100 valence electrons. The molecule has 0 spiro atoms. The van der Waals surface area contributed by atoms with E-state index in [0.29, 0.717) is 17.8 Å². The smallest absolute Gasteiger partial charge is 0.271 e. The monoisotopic (exact) mass is 261 g/mol. The zero-order valence-corrected chi connectivity index (χ0v) is 11.0. The van der Waals surface area contributed by atoms with Crippen LogP contribution in [0.1, 0.15) is 12.5 Å². The Kier molecular flexibility index (Phi) is 4.06. The first-order valence-electron chi connectivity index (χ1n) is 6.15. The first kappa shape index (κ1) is 13.4. The highest BCUT2D eigenvalue weighted by Gasteiger charge is 2.07. The standard InChI is InChI=1S/C14H16FN3O/c1-3-16-9-11-8-13(17-18(2)14(11)19)10-4-6-12(15)7-5-10/h4-8,16H,3,9H2,1-2H3. The van der Waals surface area contributed by atoms with Gasteiger partial charge >= 0.3 is 0 Å². The molecule has 1 aromatic heterocycles. The molecule has 5 heteroatoms. The average molecular weight is 261 g/mol. The van der Waals surface area contributed by atoms with Crippen LogP contribution in [0.5, 0.6) is 0 Å². The number of aromatic nitrogens is 2. The molecule has 4 nitrogen and oxygen atoms in total. The summed E-state index contributed by atoms with van der Waals surface area (Å²) in [6.45, 7) is 3.27. The van der Waals surface area contributed by atoms with Crippen LogP contribution >= 0.6 is 0 Å². The van der Waals surface area contributed by atoms with Crippen molar-refractivity contribution in [2.45, 2.75) is 13.5 Å². The molecule has 0 aliphatic carbocycles. The summed E-state index contributed by atoms with van der Waals surface area (Å²) < 4.78 is 14.2. The summed E-state index contributed by atoms with van der Waals surface area (Å²) in [7, 11) is 1.62. The number of nitrogens with one attached hydrogen (secondary N) is 1. The van der Waals surface area contributed by atoms with Crippen LogP contribution < -0.4 is 10.9 Å². The molecule has 0 bridgehead atoms. The van der Waals surface area contributed by atoms with Gasteiger partial charge in [0.05, 0.1) is 5.69 Å². The number of halogens is 1. The van der Waals surface area contributed by atoms with Crippen LogP contribution in [-0.4, -0.2) is 16.3 Å². The predicted octanol–water partition coefficient (Wildman–Crippen LogP) is 1.70. The topological polar surface area (TPSA) is 46.9 Å². The second-order valence-electron chi connectivity index (χ2n) is 4.27. The Balaban J connectivity index is 2.44. The van der Waals surface area contributed by atoms with Crippen molar-refractivity contribution in [1.82, 2.24) is 15.1 Å². The molecule has 2 rings (SSSR count). The molecule has 0 fully saturated rings. The molecule has 0 unspecified atom stereocenters. The highest BCUT2D eigenvalue weighted by Crippen LogP contribution is 2.16. The molecule has 0 saturated carbocycles. The second kappa shape index (κ2) is 5.75. The molecule has 0 aliphatic rings. The average Bonchev–Trinajstić information content (AvgIpc) is 2.41. The maximum absolute atomic E-state index is 12.9. The van der Waals surface area contributed by atoms with Gasteiger partial charge in [-0.1, -0.05) is 6.92 Å². The molecule has 0 amide bonds. The van der Waals surface area contributed by atoms with E-state index in [4.69, 9.17) is 0 Å². The van der Waals surface area contributed by atoms with E-state index in [-0.39, 0.29) is 11.4 Å². The second-order valence-corrected chi connectivity index (χ2v) is 4.27. The summed E-state index contributed by atoms with van der Waals surface area (Å²) in [4.78, 5) is 11.9. The maximum Gasteiger partial charge on any atom is 0.271 e. The summed E-state index contributed by atoms with van der Waals surface area (Å²) in [6, 6.07) is 7.81. The Hall–Kier alpha value is -2.01. The zero-order chi connectivity index (χ0) is 13.8. The van der Waals surface area contributed by atoms with E-state index in [9.17, 15) is 9.18 Å². The van der Waals surface area contributed by atoms with Crippen molar-refractivity contribution in [1.29, 1.82) is 0 Å². The lowest BCUT2D eigenvalue weighted by Gasteiger charge is -2.08. The fourth-order valence-corrected chi connectivity index (χ4v) is 1.82. The van der Waals surface area contributed by atoms with E-state index in [2.05, 4.69) is 10.4 Å². The molecule has 0 aliphatic heterocycles. The van der Waals surface area contributed by atoms with Crippen molar-refractivity contribution in [3.8, 4) is 11.3 Å². The van der Waals surface area contributed by atoms with E-state index in [1.807, 2.05) is 6.92 Å². The third kappa shape index (κ3) is 3.06. The van der Waals surface area contributed by atoms with Gasteiger partial charge in [-0.2, -0.15) is 5.10 Å². The molecule has 1 aromatic carbocycles. The van der Waals surface area contributed by atoms with Crippen molar-refractivity contribution in [3.63, 3.8) is 0 Å². The van der Waals surface area contributed by atoms with Crippen molar-refractivity contribution in [3.05, 3.63) is 52.1 Å². The van der Waals surface area contributed by atoms with Gasteiger partial charge in [-0.15, -0.1) is 0 Å². The number of aryl methyl sites for hydroxylation is 1. The lowest BCUT2D eigenvalue weighted by Crippen LogP contribution is -2.27. The number of rotatable bonds is 4. The third-order valence-corrected chi connectivity index (χ3v) is 2.84. The van der Waals surface area contributed by atoms with E-state index in [1.165, 1.54) is 16.8 Å². The van der Waals surface area contributed by atoms with Crippen molar-refractivity contribution in [2.24, 2.45) is 7.05 Å².